The van der Waals surface area contributed by atoms with Crippen LogP contribution in [-0.2, 0) is 54.7 Å². The molecule has 22 heteroatoms. The summed E-state index contributed by atoms with van der Waals surface area (Å²) in [5, 5.41) is 6.53. The van der Waals surface area contributed by atoms with Crippen molar-refractivity contribution in [1.29, 1.82) is 0 Å². The molecule has 4 aromatic carbocycles. The largest absolute Gasteiger partial charge is 0.445 e. The molecule has 4 aromatic rings. The van der Waals surface area contributed by atoms with Crippen LogP contribution in [0.1, 0.15) is 96.2 Å². The van der Waals surface area contributed by atoms with E-state index < -0.39 is 94.6 Å². The van der Waals surface area contributed by atoms with E-state index in [1.165, 1.54) is 13.8 Å². The van der Waals surface area contributed by atoms with E-state index in [1.54, 1.807) is 24.3 Å². The number of benzene rings is 4. The number of carbonyl (C=O) groups is 2. The van der Waals surface area contributed by atoms with E-state index in [0.717, 1.165) is 11.1 Å². The highest BCUT2D eigenvalue weighted by Gasteiger charge is 2.42. The Kier molecular flexibility index (Phi) is 16.8. The smallest absolute Gasteiger partial charge is 0.416 e. The minimum absolute atomic E-state index is 0.0426. The summed E-state index contributed by atoms with van der Waals surface area (Å²) in [5.74, 6) is 0. The molecule has 0 aliphatic carbocycles. The van der Waals surface area contributed by atoms with Crippen molar-refractivity contribution in [3.8, 4) is 0 Å². The second-order valence-corrected chi connectivity index (χ2v) is 16.4. The first-order valence-electron chi connectivity index (χ1n) is 21.0. The van der Waals surface area contributed by atoms with Gasteiger partial charge >= 0.3 is 36.9 Å². The van der Waals surface area contributed by atoms with Gasteiger partial charge in [-0.1, -0.05) is 60.7 Å². The number of nitrogens with two attached hydrogens (primary N) is 2. The van der Waals surface area contributed by atoms with Crippen LogP contribution in [0, 0.1) is 0 Å². The Morgan fingerprint density at radius 2 is 0.838 bits per heavy atom. The second-order valence-electron chi connectivity index (χ2n) is 16.4. The molecule has 0 spiro atoms. The third-order valence-electron chi connectivity index (χ3n) is 11.7. The first-order chi connectivity index (χ1) is 31.6. The summed E-state index contributed by atoms with van der Waals surface area (Å²) in [5.41, 5.74) is 4.15. The van der Waals surface area contributed by atoms with Crippen molar-refractivity contribution in [2.75, 3.05) is 26.3 Å². The Labute approximate surface area is 382 Å². The van der Waals surface area contributed by atoms with Crippen molar-refractivity contribution in [3.05, 3.63) is 142 Å². The van der Waals surface area contributed by atoms with Crippen LogP contribution in [0.3, 0.4) is 0 Å². The highest BCUT2D eigenvalue weighted by atomic mass is 19.4. The number of hydrogen-bond donors (Lipinski definition) is 4. The zero-order chi connectivity index (χ0) is 50.3. The number of alkyl halides is 12. The molecule has 2 fully saturated rings. The summed E-state index contributed by atoms with van der Waals surface area (Å²) >= 11 is 0. The molecule has 0 saturated carbocycles. The molecule has 0 bridgehead atoms. The molecule has 2 saturated heterocycles. The van der Waals surface area contributed by atoms with Crippen LogP contribution < -0.4 is 22.1 Å². The van der Waals surface area contributed by atoms with Gasteiger partial charge in [-0.05, 0) is 98.2 Å². The van der Waals surface area contributed by atoms with E-state index in [-0.39, 0.29) is 49.6 Å². The van der Waals surface area contributed by atoms with E-state index >= 15 is 0 Å². The standard InChI is InChI=1S/2C23H24F6N2O3/c2*1-14(15-9-17(22(24,25)26)11-18(10-15)23(27,28)29)33-13-21(16-5-3-2-4-6-16)8-7-19(12-31-21)34-20(30)32/h2*2-6,9-11,14,19,31H,7-8,12-13H2,1H3,(H2,30,32)/t14-,19+,21-;14-,19-,21-/m11/s1. The SMILES string of the molecule is C[C@@H](OC[C@@]1(c2ccccc2)CC[C@@H](OC(N)=O)CN1)c1cc(C(F)(F)F)cc(C(F)(F)F)c1.C[C@@H](OC[C@@]1(c2ccccc2)CC[C@H](OC(N)=O)CN1)c1cc(C(F)(F)F)cc(C(F)(F)F)c1. The molecular weight excluding hydrogens is 933 g/mol. The fourth-order valence-electron chi connectivity index (χ4n) is 7.92. The summed E-state index contributed by atoms with van der Waals surface area (Å²) in [7, 11) is 0. The lowest BCUT2D eigenvalue weighted by molar-refractivity contribution is -0.145. The molecule has 68 heavy (non-hydrogen) atoms. The van der Waals surface area contributed by atoms with Gasteiger partial charge in [0.2, 0.25) is 0 Å². The normalized spacial score (nSPS) is 22.3. The summed E-state index contributed by atoms with van der Waals surface area (Å²) in [6.45, 7) is 3.21. The molecule has 2 heterocycles. The van der Waals surface area contributed by atoms with Crippen LogP contribution in [-0.4, -0.2) is 50.7 Å². The number of nitrogens with one attached hydrogen (secondary N) is 2. The van der Waals surface area contributed by atoms with Crippen LogP contribution in [0.25, 0.3) is 0 Å². The van der Waals surface area contributed by atoms with Crippen LogP contribution in [0.5, 0.6) is 0 Å². The van der Waals surface area contributed by atoms with Gasteiger partial charge in [-0.3, -0.25) is 0 Å². The molecule has 10 nitrogen and oxygen atoms in total. The number of ether oxygens (including phenoxy) is 4. The van der Waals surface area contributed by atoms with Gasteiger partial charge < -0.3 is 41.0 Å². The number of primary amides is 2. The lowest BCUT2D eigenvalue weighted by Gasteiger charge is -2.41. The number of piperidine rings is 2. The van der Waals surface area contributed by atoms with Crippen molar-refractivity contribution >= 4 is 12.2 Å². The topological polar surface area (TPSA) is 147 Å². The van der Waals surface area contributed by atoms with Crippen LogP contribution in [0.4, 0.5) is 62.3 Å². The number of amides is 2. The Balaban J connectivity index is 0.000000254. The number of carbonyl (C=O) groups excluding carboxylic acids is 2. The summed E-state index contributed by atoms with van der Waals surface area (Å²) in [6, 6.07) is 21.0. The minimum atomic E-state index is -4.94. The lowest BCUT2D eigenvalue weighted by atomic mass is 9.82. The number of hydrogen-bond acceptors (Lipinski definition) is 8. The first-order valence-corrected chi connectivity index (χ1v) is 21.0. The zero-order valence-corrected chi connectivity index (χ0v) is 36.3. The van der Waals surface area contributed by atoms with Crippen LogP contribution >= 0.6 is 0 Å². The molecule has 6 atom stereocenters. The molecule has 372 valence electrons. The van der Waals surface area contributed by atoms with Crippen molar-refractivity contribution in [1.82, 2.24) is 10.6 Å². The van der Waals surface area contributed by atoms with Crippen molar-refractivity contribution < 1.29 is 81.2 Å². The van der Waals surface area contributed by atoms with Crippen molar-refractivity contribution in [2.24, 2.45) is 11.5 Å². The average Bonchev–Trinajstić information content (AvgIpc) is 3.27. The van der Waals surface area contributed by atoms with Gasteiger partial charge in [0.25, 0.3) is 0 Å². The highest BCUT2D eigenvalue weighted by Crippen LogP contribution is 2.41. The average molecular weight is 981 g/mol. The third kappa shape index (κ3) is 14.2. The number of rotatable bonds is 12. The maximum absolute atomic E-state index is 13.2. The van der Waals surface area contributed by atoms with E-state index in [0.29, 0.717) is 49.9 Å². The predicted molar refractivity (Wildman–Crippen MR) is 221 cm³/mol. The van der Waals surface area contributed by atoms with Crippen LogP contribution in [0.2, 0.25) is 0 Å². The van der Waals surface area contributed by atoms with Crippen molar-refractivity contribution in [3.63, 3.8) is 0 Å². The van der Waals surface area contributed by atoms with E-state index in [2.05, 4.69) is 10.6 Å². The number of halogens is 12. The summed E-state index contributed by atoms with van der Waals surface area (Å²) in [6.07, 6.45) is -22.9. The molecule has 0 radical (unpaired) electrons. The molecule has 2 amide bonds. The zero-order valence-electron chi connectivity index (χ0n) is 36.3. The van der Waals surface area contributed by atoms with Crippen molar-refractivity contribution in [2.45, 2.75) is 99.7 Å². The van der Waals surface area contributed by atoms with Gasteiger partial charge in [0.15, 0.2) is 0 Å². The Bertz CT molecular complexity index is 2070. The Hall–Kier alpha value is -5.58. The molecule has 2 aliphatic heterocycles. The second kappa shape index (κ2) is 21.4. The van der Waals surface area contributed by atoms with Gasteiger partial charge in [-0.25, -0.2) is 9.59 Å². The lowest BCUT2D eigenvalue weighted by Crippen LogP contribution is -2.54. The predicted octanol–water partition coefficient (Wildman–Crippen LogP) is 11.1. The molecule has 2 aliphatic rings. The Morgan fingerprint density at radius 1 is 0.544 bits per heavy atom. The molecule has 0 aromatic heterocycles. The van der Waals surface area contributed by atoms with Gasteiger partial charge in [0.1, 0.15) is 12.2 Å². The Morgan fingerprint density at radius 3 is 1.07 bits per heavy atom. The molecular formula is C46H48F12N4O6. The van der Waals surface area contributed by atoms with Gasteiger partial charge in [-0.15, -0.1) is 0 Å². The quantitative estimate of drug-likeness (QED) is 0.103. The monoisotopic (exact) mass is 980 g/mol. The van der Waals surface area contributed by atoms with E-state index in [1.807, 2.05) is 36.4 Å². The fraction of sp³-hybridized carbons (Fsp3) is 0.435. The summed E-state index contributed by atoms with van der Waals surface area (Å²) in [4.78, 5) is 22.1. The molecule has 6 rings (SSSR count). The van der Waals surface area contributed by atoms with Gasteiger partial charge in [-0.2, -0.15) is 52.7 Å². The van der Waals surface area contributed by atoms with Crippen LogP contribution in [0.15, 0.2) is 97.1 Å². The molecule has 0 unspecified atom stereocenters. The summed E-state index contributed by atoms with van der Waals surface area (Å²) < 4.78 is 180. The van der Waals surface area contributed by atoms with Gasteiger partial charge in [0.05, 0.1) is 58.8 Å². The molecule has 6 N–H and O–H groups in total. The third-order valence-corrected chi connectivity index (χ3v) is 11.7. The first kappa shape index (κ1) is 53.4. The van der Waals surface area contributed by atoms with E-state index in [9.17, 15) is 62.3 Å². The minimum Gasteiger partial charge on any atom is -0.445 e. The highest BCUT2D eigenvalue weighted by molar-refractivity contribution is 5.65. The maximum Gasteiger partial charge on any atom is 0.416 e. The van der Waals surface area contributed by atoms with E-state index in [4.69, 9.17) is 30.4 Å². The maximum atomic E-state index is 13.2. The fourth-order valence-corrected chi connectivity index (χ4v) is 7.92. The van der Waals surface area contributed by atoms with Gasteiger partial charge in [0, 0.05) is 13.1 Å².